The Kier molecular flexibility index (Phi) is 2.85. The maximum Gasteiger partial charge on any atom is 0.232 e. The predicted molar refractivity (Wildman–Crippen MR) is 88.4 cm³/mol. The van der Waals surface area contributed by atoms with Gasteiger partial charge in [0.1, 0.15) is 6.23 Å². The normalized spacial score (nSPS) is 28.0. The van der Waals surface area contributed by atoms with Crippen LogP contribution in [-0.4, -0.2) is 30.2 Å². The van der Waals surface area contributed by atoms with Crippen molar-refractivity contribution in [3.05, 3.63) is 58.6 Å². The Bertz CT molecular complexity index is 819. The molecule has 0 saturated carbocycles. The highest BCUT2D eigenvalue weighted by molar-refractivity contribution is 6.30. The fraction of sp³-hybridized carbons (Fsp3) is 0.316. The monoisotopic (exact) mass is 325 g/mol. The number of halogens is 1. The van der Waals surface area contributed by atoms with E-state index in [0.717, 1.165) is 22.6 Å². The van der Waals surface area contributed by atoms with Gasteiger partial charge in [0, 0.05) is 23.9 Å². The number of nitrogens with zero attached hydrogens (tertiary/aromatic N) is 1. The second kappa shape index (κ2) is 4.83. The summed E-state index contributed by atoms with van der Waals surface area (Å²) in [6.45, 7) is 1.34. The maximum atomic E-state index is 13.1. The summed E-state index contributed by atoms with van der Waals surface area (Å²) in [6, 6.07) is 14.3. The molecule has 2 fully saturated rings. The lowest BCUT2D eigenvalue weighted by Crippen LogP contribution is -2.47. The van der Waals surface area contributed by atoms with E-state index in [-0.39, 0.29) is 24.0 Å². The van der Waals surface area contributed by atoms with E-state index in [4.69, 9.17) is 16.3 Å². The number of fused-ring (bicyclic) bond motifs is 7. The summed E-state index contributed by atoms with van der Waals surface area (Å²) < 4.78 is 5.78. The predicted octanol–water partition coefficient (Wildman–Crippen LogP) is 3.78. The summed E-state index contributed by atoms with van der Waals surface area (Å²) in [7, 11) is 0. The van der Waals surface area contributed by atoms with Crippen LogP contribution in [0.3, 0.4) is 0 Å². The third-order valence-corrected chi connectivity index (χ3v) is 5.63. The van der Waals surface area contributed by atoms with Gasteiger partial charge in [0.25, 0.3) is 0 Å². The van der Waals surface area contributed by atoms with E-state index in [0.29, 0.717) is 13.2 Å². The van der Waals surface area contributed by atoms with Crippen molar-refractivity contribution in [2.45, 2.75) is 24.5 Å². The van der Waals surface area contributed by atoms with Gasteiger partial charge < -0.3 is 9.64 Å². The molecule has 3 atom stereocenters. The number of amides is 1. The Balaban J connectivity index is 1.75. The molecule has 2 aliphatic heterocycles. The van der Waals surface area contributed by atoms with Crippen LogP contribution in [0.2, 0.25) is 5.02 Å². The first kappa shape index (κ1) is 13.6. The molecule has 0 N–H and O–H groups in total. The Morgan fingerprint density at radius 3 is 2.83 bits per heavy atom. The highest BCUT2D eigenvalue weighted by Crippen LogP contribution is 2.53. The molecular formula is C19H16ClNO2. The summed E-state index contributed by atoms with van der Waals surface area (Å²) in [5.74, 6) is 0.224. The zero-order chi connectivity index (χ0) is 15.6. The molecule has 1 aliphatic carbocycles. The molecule has 2 heterocycles. The number of hydrogen-bond acceptors (Lipinski definition) is 2. The molecule has 2 aromatic rings. The Morgan fingerprint density at radius 1 is 1.09 bits per heavy atom. The van der Waals surface area contributed by atoms with Crippen LogP contribution < -0.4 is 0 Å². The molecule has 23 heavy (non-hydrogen) atoms. The molecule has 0 radical (unpaired) electrons. The van der Waals surface area contributed by atoms with Gasteiger partial charge in [0.05, 0.1) is 12.5 Å². The molecule has 2 aromatic carbocycles. The quantitative estimate of drug-likeness (QED) is 0.738. The van der Waals surface area contributed by atoms with Crippen LogP contribution in [0, 0.1) is 0 Å². The minimum atomic E-state index is -0.116. The van der Waals surface area contributed by atoms with Gasteiger partial charge in [-0.05, 0) is 34.4 Å². The first-order valence-corrected chi connectivity index (χ1v) is 8.42. The van der Waals surface area contributed by atoms with Crippen molar-refractivity contribution in [3.63, 3.8) is 0 Å². The minimum absolute atomic E-state index is 0.0826. The van der Waals surface area contributed by atoms with Gasteiger partial charge in [-0.3, -0.25) is 4.79 Å². The third-order valence-electron chi connectivity index (χ3n) is 5.40. The Morgan fingerprint density at radius 2 is 1.91 bits per heavy atom. The third kappa shape index (κ3) is 1.84. The largest absolute Gasteiger partial charge is 0.356 e. The molecule has 2 saturated heterocycles. The smallest absolute Gasteiger partial charge is 0.232 e. The fourth-order valence-corrected chi connectivity index (χ4v) is 4.61. The van der Waals surface area contributed by atoms with Crippen molar-refractivity contribution in [2.24, 2.45) is 0 Å². The molecular weight excluding hydrogens is 310 g/mol. The average molecular weight is 326 g/mol. The molecule has 0 spiro atoms. The Hall–Kier alpha value is -1.84. The lowest BCUT2D eigenvalue weighted by atomic mass is 9.68. The van der Waals surface area contributed by atoms with Gasteiger partial charge in [-0.1, -0.05) is 41.9 Å². The van der Waals surface area contributed by atoms with Gasteiger partial charge in [0.15, 0.2) is 0 Å². The topological polar surface area (TPSA) is 29.5 Å². The van der Waals surface area contributed by atoms with E-state index in [9.17, 15) is 4.79 Å². The summed E-state index contributed by atoms with van der Waals surface area (Å²) in [6.07, 6.45) is 0.763. The summed E-state index contributed by atoms with van der Waals surface area (Å²) in [5, 5.41) is 0.726. The standard InChI is InChI=1S/C19H16ClNO2/c20-11-5-6-13-12-3-1-2-4-14(12)18-16(15(13)9-11)10-17-21(19(18)22)7-8-23-17/h1-6,9,16-18H,7-8,10H2/t16-,17-,18+/m1/s1. The first-order valence-electron chi connectivity index (χ1n) is 8.05. The maximum absolute atomic E-state index is 13.1. The van der Waals surface area contributed by atoms with E-state index in [1.165, 1.54) is 11.1 Å². The van der Waals surface area contributed by atoms with Crippen LogP contribution in [0.5, 0.6) is 0 Å². The fourth-order valence-electron chi connectivity index (χ4n) is 4.43. The molecule has 3 aliphatic rings. The Labute approximate surface area is 139 Å². The van der Waals surface area contributed by atoms with E-state index in [1.807, 2.05) is 29.2 Å². The molecule has 0 unspecified atom stereocenters. The molecule has 0 bridgehead atoms. The lowest BCUT2D eigenvalue weighted by Gasteiger charge is -2.43. The number of benzene rings is 2. The van der Waals surface area contributed by atoms with Crippen molar-refractivity contribution < 1.29 is 9.53 Å². The van der Waals surface area contributed by atoms with Crippen molar-refractivity contribution >= 4 is 17.5 Å². The second-order valence-electron chi connectivity index (χ2n) is 6.50. The van der Waals surface area contributed by atoms with Crippen molar-refractivity contribution in [1.82, 2.24) is 4.90 Å². The van der Waals surface area contributed by atoms with Crippen LogP contribution in [-0.2, 0) is 9.53 Å². The number of rotatable bonds is 0. The van der Waals surface area contributed by atoms with Gasteiger partial charge in [0.2, 0.25) is 5.91 Å². The van der Waals surface area contributed by atoms with E-state index in [1.54, 1.807) is 0 Å². The average Bonchev–Trinajstić information content (AvgIpc) is 3.04. The highest BCUT2D eigenvalue weighted by Gasteiger charge is 2.48. The van der Waals surface area contributed by atoms with E-state index < -0.39 is 0 Å². The molecule has 116 valence electrons. The zero-order valence-electron chi connectivity index (χ0n) is 12.5. The number of ether oxygens (including phenoxy) is 1. The van der Waals surface area contributed by atoms with E-state index >= 15 is 0 Å². The molecule has 3 nitrogen and oxygen atoms in total. The zero-order valence-corrected chi connectivity index (χ0v) is 13.3. The van der Waals surface area contributed by atoms with Gasteiger partial charge in [-0.2, -0.15) is 0 Å². The van der Waals surface area contributed by atoms with Crippen molar-refractivity contribution in [3.8, 4) is 11.1 Å². The first-order chi connectivity index (χ1) is 11.2. The molecule has 5 rings (SSSR count). The molecule has 1 amide bonds. The second-order valence-corrected chi connectivity index (χ2v) is 6.93. The van der Waals surface area contributed by atoms with Crippen LogP contribution >= 0.6 is 11.6 Å². The summed E-state index contributed by atoms with van der Waals surface area (Å²) >= 11 is 6.26. The SMILES string of the molecule is O=C1[C@H]2c3ccccc3-c3ccc(Cl)cc3[C@H]2C[C@H]2OCCN12. The summed E-state index contributed by atoms with van der Waals surface area (Å²) in [4.78, 5) is 15.0. The van der Waals surface area contributed by atoms with Crippen LogP contribution in [0.1, 0.15) is 29.4 Å². The number of piperidine rings is 1. The van der Waals surface area contributed by atoms with Crippen LogP contribution in [0.15, 0.2) is 42.5 Å². The molecule has 4 heteroatoms. The minimum Gasteiger partial charge on any atom is -0.356 e. The van der Waals surface area contributed by atoms with Crippen LogP contribution in [0.4, 0.5) is 0 Å². The van der Waals surface area contributed by atoms with E-state index in [2.05, 4.69) is 18.2 Å². The van der Waals surface area contributed by atoms with Crippen molar-refractivity contribution in [1.29, 1.82) is 0 Å². The number of carbonyl (C=O) groups excluding carboxylic acids is 1. The van der Waals surface area contributed by atoms with Gasteiger partial charge in [-0.25, -0.2) is 0 Å². The number of hydrogen-bond donors (Lipinski definition) is 0. The van der Waals surface area contributed by atoms with Crippen molar-refractivity contribution in [2.75, 3.05) is 13.2 Å². The number of carbonyl (C=O) groups is 1. The van der Waals surface area contributed by atoms with Crippen LogP contribution in [0.25, 0.3) is 11.1 Å². The summed E-state index contributed by atoms with van der Waals surface area (Å²) in [5.41, 5.74) is 4.69. The van der Waals surface area contributed by atoms with Gasteiger partial charge in [-0.15, -0.1) is 0 Å². The lowest BCUT2D eigenvalue weighted by molar-refractivity contribution is -0.143. The highest BCUT2D eigenvalue weighted by atomic mass is 35.5. The molecule has 0 aromatic heterocycles. The van der Waals surface area contributed by atoms with Gasteiger partial charge >= 0.3 is 0 Å².